The fraction of sp³-hybridized carbons (Fsp3) is 0.259. The normalized spacial score (nSPS) is 12.2. The second-order valence-electron chi connectivity index (χ2n) is 8.91. The number of anilines is 1. The van der Waals surface area contributed by atoms with Crippen LogP contribution in [0, 0.1) is 0 Å². The molecule has 0 aliphatic heterocycles. The fourth-order valence-corrected chi connectivity index (χ4v) is 5.87. The summed E-state index contributed by atoms with van der Waals surface area (Å²) in [5.74, 6) is -0.919. The molecule has 38 heavy (non-hydrogen) atoms. The van der Waals surface area contributed by atoms with Crippen LogP contribution < -0.4 is 9.62 Å². The van der Waals surface area contributed by atoms with Crippen molar-refractivity contribution in [2.45, 2.75) is 44.3 Å². The zero-order valence-corrected chi connectivity index (χ0v) is 25.0. The molecule has 0 aliphatic rings. The molecule has 0 bridgehead atoms. The molecule has 3 aromatic rings. The Balaban J connectivity index is 2.05. The number of hydrogen-bond acceptors (Lipinski definition) is 4. The molecule has 0 aliphatic carbocycles. The van der Waals surface area contributed by atoms with Crippen molar-refractivity contribution in [3.63, 3.8) is 0 Å². The number of sulfonamides is 1. The van der Waals surface area contributed by atoms with Crippen molar-refractivity contribution in [2.75, 3.05) is 10.8 Å². The average molecular weight is 641 g/mol. The minimum Gasteiger partial charge on any atom is -0.352 e. The summed E-state index contributed by atoms with van der Waals surface area (Å²) in [6.07, 6.45) is 0. The Morgan fingerprint density at radius 2 is 1.61 bits per heavy atom. The van der Waals surface area contributed by atoms with Gasteiger partial charge in [0.15, 0.2) is 0 Å². The van der Waals surface area contributed by atoms with E-state index in [1.54, 1.807) is 25.1 Å². The van der Waals surface area contributed by atoms with Gasteiger partial charge in [-0.2, -0.15) is 0 Å². The molecule has 7 nitrogen and oxygen atoms in total. The van der Waals surface area contributed by atoms with Crippen LogP contribution in [0.3, 0.4) is 0 Å². The monoisotopic (exact) mass is 639 g/mol. The minimum atomic E-state index is -4.18. The number of hydrogen-bond donors (Lipinski definition) is 1. The van der Waals surface area contributed by atoms with Crippen molar-refractivity contribution in [2.24, 2.45) is 0 Å². The Bertz CT molecular complexity index is 1400. The third kappa shape index (κ3) is 7.50. The van der Waals surface area contributed by atoms with Gasteiger partial charge in [0, 0.05) is 17.1 Å². The number of nitrogens with one attached hydrogen (secondary N) is 1. The molecule has 0 saturated heterocycles. The van der Waals surface area contributed by atoms with Crippen molar-refractivity contribution < 1.29 is 18.0 Å². The second-order valence-corrected chi connectivity index (χ2v) is 12.5. The number of rotatable bonds is 10. The highest BCUT2D eigenvalue weighted by molar-refractivity contribution is 9.10. The minimum absolute atomic E-state index is 0.00279. The van der Waals surface area contributed by atoms with Gasteiger partial charge in [-0.1, -0.05) is 69.5 Å². The number of amides is 2. The number of benzene rings is 3. The molecule has 0 aromatic heterocycles. The topological polar surface area (TPSA) is 86.8 Å². The van der Waals surface area contributed by atoms with Crippen LogP contribution in [0.1, 0.15) is 26.3 Å². The van der Waals surface area contributed by atoms with E-state index in [0.717, 1.165) is 14.3 Å². The van der Waals surface area contributed by atoms with E-state index < -0.39 is 28.5 Å². The van der Waals surface area contributed by atoms with Crippen LogP contribution in [0.15, 0.2) is 82.2 Å². The lowest BCUT2D eigenvalue weighted by Crippen LogP contribution is -2.52. The van der Waals surface area contributed by atoms with E-state index in [4.69, 9.17) is 23.2 Å². The summed E-state index contributed by atoms with van der Waals surface area (Å²) >= 11 is 15.7. The second kappa shape index (κ2) is 13.0. The highest BCUT2D eigenvalue weighted by atomic mass is 79.9. The average Bonchev–Trinajstić information content (AvgIpc) is 2.87. The molecule has 2 amide bonds. The Morgan fingerprint density at radius 3 is 2.21 bits per heavy atom. The fourth-order valence-electron chi connectivity index (χ4n) is 3.71. The van der Waals surface area contributed by atoms with E-state index in [-0.39, 0.29) is 39.1 Å². The predicted octanol–water partition coefficient (Wildman–Crippen LogP) is 5.89. The number of carbonyl (C=O) groups excluding carboxylic acids is 2. The van der Waals surface area contributed by atoms with Crippen LogP contribution in [0.5, 0.6) is 0 Å². The molecule has 0 unspecified atom stereocenters. The maximum atomic E-state index is 13.8. The molecule has 0 heterocycles. The molecule has 1 N–H and O–H groups in total. The Labute approximate surface area is 241 Å². The number of carbonyl (C=O) groups is 2. The molecule has 202 valence electrons. The van der Waals surface area contributed by atoms with Gasteiger partial charge in [0.2, 0.25) is 11.8 Å². The molecule has 0 saturated carbocycles. The van der Waals surface area contributed by atoms with E-state index >= 15 is 0 Å². The van der Waals surface area contributed by atoms with Crippen LogP contribution in [-0.4, -0.2) is 43.8 Å². The van der Waals surface area contributed by atoms with Gasteiger partial charge < -0.3 is 10.2 Å². The van der Waals surface area contributed by atoms with Crippen LogP contribution >= 0.6 is 39.1 Å². The van der Waals surface area contributed by atoms with Crippen LogP contribution in [0.25, 0.3) is 0 Å². The third-order valence-electron chi connectivity index (χ3n) is 5.64. The van der Waals surface area contributed by atoms with Gasteiger partial charge in [0.05, 0.1) is 20.6 Å². The molecule has 11 heteroatoms. The largest absolute Gasteiger partial charge is 0.352 e. The van der Waals surface area contributed by atoms with Gasteiger partial charge in [-0.05, 0) is 68.8 Å². The van der Waals surface area contributed by atoms with Gasteiger partial charge in [-0.15, -0.1) is 0 Å². The number of halogens is 3. The van der Waals surface area contributed by atoms with Crippen LogP contribution in [-0.2, 0) is 26.2 Å². The third-order valence-corrected chi connectivity index (χ3v) is 8.66. The summed E-state index contributed by atoms with van der Waals surface area (Å²) in [6, 6.07) is 18.5. The maximum absolute atomic E-state index is 13.8. The van der Waals surface area contributed by atoms with Crippen molar-refractivity contribution in [3.8, 4) is 0 Å². The lowest BCUT2D eigenvalue weighted by atomic mass is 10.1. The summed E-state index contributed by atoms with van der Waals surface area (Å²) in [7, 11) is -4.18. The highest BCUT2D eigenvalue weighted by Gasteiger charge is 2.32. The smallest absolute Gasteiger partial charge is 0.264 e. The van der Waals surface area contributed by atoms with Crippen molar-refractivity contribution in [1.29, 1.82) is 0 Å². The zero-order valence-electron chi connectivity index (χ0n) is 21.1. The van der Waals surface area contributed by atoms with Gasteiger partial charge in [0.1, 0.15) is 12.6 Å². The zero-order chi connectivity index (χ0) is 28.0. The molecular formula is C27H28BrCl2N3O4S. The first kappa shape index (κ1) is 30.0. The van der Waals surface area contributed by atoms with Crippen molar-refractivity contribution in [3.05, 3.63) is 92.9 Å². The Hall–Kier alpha value is -2.59. The summed E-state index contributed by atoms with van der Waals surface area (Å²) in [6.45, 7) is 4.78. The summed E-state index contributed by atoms with van der Waals surface area (Å²) in [4.78, 5) is 28.1. The van der Waals surface area contributed by atoms with E-state index in [9.17, 15) is 18.0 Å². The summed E-state index contributed by atoms with van der Waals surface area (Å²) < 4.78 is 29.3. The van der Waals surface area contributed by atoms with Crippen LogP contribution in [0.2, 0.25) is 10.0 Å². The maximum Gasteiger partial charge on any atom is 0.264 e. The van der Waals surface area contributed by atoms with E-state index in [0.29, 0.717) is 0 Å². The van der Waals surface area contributed by atoms with Gasteiger partial charge >= 0.3 is 0 Å². The van der Waals surface area contributed by atoms with Crippen molar-refractivity contribution in [1.82, 2.24) is 10.2 Å². The highest BCUT2D eigenvalue weighted by Crippen LogP contribution is 2.31. The first-order valence-corrected chi connectivity index (χ1v) is 14.8. The van der Waals surface area contributed by atoms with E-state index in [2.05, 4.69) is 21.2 Å². The van der Waals surface area contributed by atoms with Crippen molar-refractivity contribution >= 4 is 66.7 Å². The molecule has 1 atom stereocenters. The SMILES string of the molecule is CC(C)NC(=O)[C@H](C)N(Cc1cccc(Br)c1)C(=O)CN(c1ccc(Cl)c(Cl)c1)S(=O)(=O)c1ccccc1. The predicted molar refractivity (Wildman–Crippen MR) is 155 cm³/mol. The van der Waals surface area contributed by atoms with Gasteiger partial charge in [-0.25, -0.2) is 8.42 Å². The Kier molecular flexibility index (Phi) is 10.2. The van der Waals surface area contributed by atoms with Gasteiger partial charge in [0.25, 0.3) is 10.0 Å². The lowest BCUT2D eigenvalue weighted by molar-refractivity contribution is -0.139. The quantitative estimate of drug-likeness (QED) is 0.299. The van der Waals surface area contributed by atoms with E-state index in [1.165, 1.54) is 35.2 Å². The van der Waals surface area contributed by atoms with E-state index in [1.807, 2.05) is 38.1 Å². The number of nitrogens with zero attached hydrogens (tertiary/aromatic N) is 2. The first-order chi connectivity index (χ1) is 17.9. The summed E-state index contributed by atoms with van der Waals surface area (Å²) in [5.41, 5.74) is 0.933. The molecule has 0 spiro atoms. The lowest BCUT2D eigenvalue weighted by Gasteiger charge is -2.32. The standard InChI is InChI=1S/C27H28BrCl2N3O4S/c1-18(2)31-27(35)19(3)32(16-20-8-7-9-21(28)14-20)26(34)17-33(22-12-13-24(29)25(30)15-22)38(36,37)23-10-5-4-6-11-23/h4-15,18-19H,16-17H2,1-3H3,(H,31,35)/t19-/m0/s1. The summed E-state index contributed by atoms with van der Waals surface area (Å²) in [5, 5.41) is 3.21. The van der Waals surface area contributed by atoms with Crippen LogP contribution in [0.4, 0.5) is 5.69 Å². The van der Waals surface area contributed by atoms with Gasteiger partial charge in [-0.3, -0.25) is 13.9 Å². The first-order valence-electron chi connectivity index (χ1n) is 11.8. The molecule has 3 rings (SSSR count). The molecule has 3 aromatic carbocycles. The molecule has 0 radical (unpaired) electrons. The molecular weight excluding hydrogens is 613 g/mol. The molecule has 0 fully saturated rings. The Morgan fingerprint density at radius 1 is 0.921 bits per heavy atom.